The van der Waals surface area contributed by atoms with Gasteiger partial charge in [0.15, 0.2) is 4.80 Å². The van der Waals surface area contributed by atoms with E-state index in [1.165, 1.54) is 11.3 Å². The Kier molecular flexibility index (Phi) is 6.15. The fraction of sp³-hybridized carbons (Fsp3) is 0.0294. The summed E-state index contributed by atoms with van der Waals surface area (Å²) in [6.45, 7) is 0. The van der Waals surface area contributed by atoms with Crippen molar-refractivity contribution in [1.82, 2.24) is 14.3 Å². The van der Waals surface area contributed by atoms with Crippen molar-refractivity contribution in [3.8, 4) is 16.9 Å². The molecular weight excluding hydrogens is 512 g/mol. The van der Waals surface area contributed by atoms with Gasteiger partial charge in [-0.05, 0) is 35.4 Å². The minimum absolute atomic E-state index is 0.0626. The highest BCUT2D eigenvalue weighted by atomic mass is 32.1. The van der Waals surface area contributed by atoms with Gasteiger partial charge in [-0.25, -0.2) is 9.67 Å². The minimum atomic E-state index is -0.392. The molecule has 40 heavy (non-hydrogen) atoms. The average Bonchev–Trinajstić information content (AvgIpc) is 3.60. The van der Waals surface area contributed by atoms with E-state index in [0.717, 1.165) is 39.3 Å². The number of hydrogen-bond acceptors (Lipinski definition) is 4. The predicted molar refractivity (Wildman–Crippen MR) is 161 cm³/mol. The topological polar surface area (TPSA) is 52.2 Å². The van der Waals surface area contributed by atoms with Crippen molar-refractivity contribution in [2.75, 3.05) is 0 Å². The number of aromatic nitrogens is 3. The van der Waals surface area contributed by atoms with Gasteiger partial charge >= 0.3 is 0 Å². The van der Waals surface area contributed by atoms with Crippen LogP contribution in [0.3, 0.4) is 0 Å². The maximum atomic E-state index is 14.0. The third-order valence-corrected chi connectivity index (χ3v) is 7.93. The lowest BCUT2D eigenvalue weighted by atomic mass is 9.99. The molecule has 1 aliphatic rings. The van der Waals surface area contributed by atoms with Crippen molar-refractivity contribution in [2.45, 2.75) is 6.04 Å². The smallest absolute Gasteiger partial charge is 0.271 e. The Labute approximate surface area is 235 Å². The van der Waals surface area contributed by atoms with E-state index in [1.54, 1.807) is 0 Å². The lowest BCUT2D eigenvalue weighted by Crippen LogP contribution is -2.36. The van der Waals surface area contributed by atoms with Crippen LogP contribution < -0.4 is 14.9 Å². The summed E-state index contributed by atoms with van der Waals surface area (Å²) >= 11 is 1.42. The van der Waals surface area contributed by atoms with E-state index < -0.39 is 6.04 Å². The highest BCUT2D eigenvalue weighted by Crippen LogP contribution is 2.33. The van der Waals surface area contributed by atoms with Crippen molar-refractivity contribution in [2.24, 2.45) is 4.99 Å². The van der Waals surface area contributed by atoms with E-state index in [9.17, 15) is 4.79 Å². The predicted octanol–water partition coefficient (Wildman–Crippen LogP) is 5.86. The fourth-order valence-corrected chi connectivity index (χ4v) is 6.03. The summed E-state index contributed by atoms with van der Waals surface area (Å²) in [5.74, 6) is 0. The molecule has 4 aromatic carbocycles. The minimum Gasteiger partial charge on any atom is -0.272 e. The first-order valence-corrected chi connectivity index (χ1v) is 13.9. The van der Waals surface area contributed by atoms with Crippen LogP contribution in [0.15, 0.2) is 143 Å². The highest BCUT2D eigenvalue weighted by molar-refractivity contribution is 7.07. The quantitative estimate of drug-likeness (QED) is 0.277. The molecular formula is C34H24N4OS. The summed E-state index contributed by atoms with van der Waals surface area (Å²) in [4.78, 5) is 19.6. The van der Waals surface area contributed by atoms with Gasteiger partial charge in [0.1, 0.15) is 0 Å². The summed E-state index contributed by atoms with van der Waals surface area (Å²) in [7, 11) is 0. The van der Waals surface area contributed by atoms with Crippen LogP contribution in [-0.2, 0) is 0 Å². The first-order valence-electron chi connectivity index (χ1n) is 13.1. The molecule has 0 fully saturated rings. The Morgan fingerprint density at radius 2 is 1.32 bits per heavy atom. The van der Waals surface area contributed by atoms with Gasteiger partial charge in [0.05, 0.1) is 27.7 Å². The second-order valence-electron chi connectivity index (χ2n) is 9.53. The monoisotopic (exact) mass is 536 g/mol. The van der Waals surface area contributed by atoms with Gasteiger partial charge in [-0.3, -0.25) is 9.36 Å². The number of para-hydroxylation sites is 1. The number of hydrogen-bond donors (Lipinski definition) is 0. The standard InChI is InChI=1S/C34H24N4OS/c39-33-31(21-24-13-5-1-6-14-24)40-34-35-29(25-15-7-2-8-16-25)22-30(38(33)34)28-23-37(27-19-11-4-12-20-27)36-32(28)26-17-9-3-10-18-26/h1-23,30H/b31-21-/t30-/m0/s1. The fourth-order valence-electron chi connectivity index (χ4n) is 5.01. The Bertz CT molecular complexity index is 2010. The van der Waals surface area contributed by atoms with Crippen LogP contribution in [0.1, 0.15) is 22.7 Å². The third-order valence-electron chi connectivity index (χ3n) is 6.94. The maximum Gasteiger partial charge on any atom is 0.271 e. The molecule has 0 unspecified atom stereocenters. The summed E-state index contributed by atoms with van der Waals surface area (Å²) in [6.07, 6.45) is 6.07. The number of rotatable bonds is 5. The molecule has 0 saturated carbocycles. The molecule has 6 heteroatoms. The van der Waals surface area contributed by atoms with Gasteiger partial charge in [0.25, 0.3) is 5.56 Å². The second-order valence-corrected chi connectivity index (χ2v) is 10.5. The summed E-state index contributed by atoms with van der Waals surface area (Å²) in [6, 6.07) is 39.8. The van der Waals surface area contributed by atoms with Crippen LogP contribution in [0.5, 0.6) is 0 Å². The number of allylic oxidation sites excluding steroid dienone is 1. The van der Waals surface area contributed by atoms with E-state index in [1.807, 2.05) is 119 Å². The van der Waals surface area contributed by atoms with Gasteiger partial charge in [0, 0.05) is 17.3 Å². The van der Waals surface area contributed by atoms with Crippen molar-refractivity contribution in [3.05, 3.63) is 170 Å². The summed E-state index contributed by atoms with van der Waals surface area (Å²) in [5.41, 5.74) is 6.47. The molecule has 0 spiro atoms. The molecule has 0 radical (unpaired) electrons. The van der Waals surface area contributed by atoms with Crippen LogP contribution in [-0.4, -0.2) is 14.3 Å². The van der Waals surface area contributed by atoms with Crippen LogP contribution >= 0.6 is 11.3 Å². The molecule has 1 atom stereocenters. The SMILES string of the molecule is O=c1/c(=C/c2ccccc2)sc2n1[C@H](c1cn(-c3ccccc3)nc1-c1ccccc1)C=C(c1ccccc1)N=2. The van der Waals surface area contributed by atoms with Crippen molar-refractivity contribution in [3.63, 3.8) is 0 Å². The zero-order valence-corrected chi connectivity index (χ0v) is 22.3. The van der Waals surface area contributed by atoms with Crippen LogP contribution in [0.2, 0.25) is 0 Å². The van der Waals surface area contributed by atoms with Gasteiger partial charge < -0.3 is 0 Å². The van der Waals surface area contributed by atoms with Crippen molar-refractivity contribution < 1.29 is 0 Å². The number of benzene rings is 4. The molecule has 0 bridgehead atoms. The van der Waals surface area contributed by atoms with Crippen LogP contribution in [0.4, 0.5) is 0 Å². The molecule has 1 aliphatic heterocycles. The summed E-state index contributed by atoms with van der Waals surface area (Å²) in [5, 5.41) is 5.04. The first kappa shape index (κ1) is 24.0. The zero-order valence-electron chi connectivity index (χ0n) is 21.5. The van der Waals surface area contributed by atoms with Crippen LogP contribution in [0.25, 0.3) is 28.7 Å². The zero-order chi connectivity index (χ0) is 26.9. The van der Waals surface area contributed by atoms with Crippen molar-refractivity contribution in [1.29, 1.82) is 0 Å². The molecule has 2 aromatic heterocycles. The van der Waals surface area contributed by atoms with Crippen LogP contribution in [0, 0.1) is 0 Å². The first-order chi connectivity index (χ1) is 19.7. The van der Waals surface area contributed by atoms with Gasteiger partial charge in [0.2, 0.25) is 0 Å². The highest BCUT2D eigenvalue weighted by Gasteiger charge is 2.27. The summed E-state index contributed by atoms with van der Waals surface area (Å²) < 4.78 is 4.35. The van der Waals surface area contributed by atoms with E-state index in [4.69, 9.17) is 10.1 Å². The van der Waals surface area contributed by atoms with E-state index in [-0.39, 0.29) is 5.56 Å². The van der Waals surface area contributed by atoms with Gasteiger partial charge in [-0.1, -0.05) is 121 Å². The Hall–Kier alpha value is -5.07. The third kappa shape index (κ3) is 4.44. The van der Waals surface area contributed by atoms with E-state index in [0.29, 0.717) is 9.33 Å². The molecule has 0 aliphatic carbocycles. The molecule has 3 heterocycles. The van der Waals surface area contributed by atoms with Gasteiger partial charge in [-0.2, -0.15) is 5.10 Å². The van der Waals surface area contributed by atoms with Crippen molar-refractivity contribution >= 4 is 23.1 Å². The Balaban J connectivity index is 1.49. The van der Waals surface area contributed by atoms with E-state index >= 15 is 0 Å². The molecule has 0 saturated heterocycles. The molecule has 7 rings (SSSR count). The molecule has 5 nitrogen and oxygen atoms in total. The molecule has 192 valence electrons. The normalized spacial score (nSPS) is 14.8. The molecule has 0 amide bonds. The maximum absolute atomic E-state index is 14.0. The molecule has 0 N–H and O–H groups in total. The Morgan fingerprint density at radius 1 is 0.725 bits per heavy atom. The average molecular weight is 537 g/mol. The lowest BCUT2D eigenvalue weighted by Gasteiger charge is -2.19. The lowest BCUT2D eigenvalue weighted by molar-refractivity contribution is 0.645. The van der Waals surface area contributed by atoms with E-state index in [2.05, 4.69) is 30.3 Å². The second kappa shape index (κ2) is 10.2. The number of thiazole rings is 1. The molecule has 6 aromatic rings. The Morgan fingerprint density at radius 3 is 2.00 bits per heavy atom. The number of fused-ring (bicyclic) bond motifs is 1. The largest absolute Gasteiger partial charge is 0.272 e. The number of nitrogens with zero attached hydrogens (tertiary/aromatic N) is 4. The van der Waals surface area contributed by atoms with Gasteiger partial charge in [-0.15, -0.1) is 0 Å².